The van der Waals surface area contributed by atoms with E-state index in [1.807, 2.05) is 43.4 Å². The average molecular weight is 947 g/mol. The quantitative estimate of drug-likeness (QED) is 0.0103. The van der Waals surface area contributed by atoms with Crippen LogP contribution >= 0.6 is 7.82 Å². The molecule has 0 aliphatic heterocycles. The Hall–Kier alpha value is -3.79. The molecule has 0 aromatic rings. The lowest BCUT2D eigenvalue weighted by molar-refractivity contribution is -0.220. The summed E-state index contributed by atoms with van der Waals surface area (Å²) < 4.78 is 33.4. The summed E-state index contributed by atoms with van der Waals surface area (Å²) in [7, 11) is -5.16. The van der Waals surface area contributed by atoms with Gasteiger partial charge >= 0.3 is 19.8 Å². The van der Waals surface area contributed by atoms with Crippen molar-refractivity contribution in [2.75, 3.05) is 13.2 Å². The molecule has 372 valence electrons. The number of carbonyl (C=O) groups is 2. The Labute approximate surface area is 393 Å². The molecule has 1 saturated carbocycles. The van der Waals surface area contributed by atoms with E-state index in [0.717, 1.165) is 64.2 Å². The molecule has 9 atom stereocenters. The number of ether oxygens (including phenoxy) is 2. The molecule has 0 radical (unpaired) electrons. The first-order valence-corrected chi connectivity index (χ1v) is 24.9. The number of allylic oxidation sites excluding steroid dienone is 19. The summed E-state index contributed by atoms with van der Waals surface area (Å²) in [5.41, 5.74) is 0. The second-order valence-electron chi connectivity index (χ2n) is 15.7. The molecule has 0 aromatic heterocycles. The number of hydrogen-bond donors (Lipinski definition) is 7. The van der Waals surface area contributed by atoms with Crippen LogP contribution in [0, 0.1) is 0 Å². The van der Waals surface area contributed by atoms with Crippen LogP contribution in [0.4, 0.5) is 0 Å². The smallest absolute Gasteiger partial charge is 0.462 e. The van der Waals surface area contributed by atoms with Gasteiger partial charge in [0.2, 0.25) is 0 Å². The molecule has 15 heteroatoms. The number of aliphatic hydroxyl groups excluding tert-OH is 6. The fourth-order valence-electron chi connectivity index (χ4n) is 6.06. The van der Waals surface area contributed by atoms with Gasteiger partial charge in [-0.1, -0.05) is 142 Å². The zero-order valence-electron chi connectivity index (χ0n) is 39.0. The zero-order chi connectivity index (χ0) is 48.7. The molecular weight excluding hydrogens is 868 g/mol. The van der Waals surface area contributed by atoms with Crippen molar-refractivity contribution >= 4 is 19.8 Å². The van der Waals surface area contributed by atoms with E-state index < -0.39 is 81.8 Å². The number of aliphatic hydroxyl groups is 6. The van der Waals surface area contributed by atoms with E-state index in [4.69, 9.17) is 18.5 Å². The highest BCUT2D eigenvalue weighted by molar-refractivity contribution is 7.47. The van der Waals surface area contributed by atoms with E-state index in [9.17, 15) is 49.7 Å². The van der Waals surface area contributed by atoms with Crippen LogP contribution in [0.25, 0.3) is 0 Å². The summed E-state index contributed by atoms with van der Waals surface area (Å²) in [6.45, 7) is 2.76. The first-order valence-electron chi connectivity index (χ1n) is 23.4. The molecule has 14 nitrogen and oxygen atoms in total. The van der Waals surface area contributed by atoms with Gasteiger partial charge in [-0.3, -0.25) is 18.6 Å². The molecule has 0 saturated heterocycles. The molecule has 7 N–H and O–H groups in total. The molecule has 0 spiro atoms. The van der Waals surface area contributed by atoms with Gasteiger partial charge in [0.25, 0.3) is 0 Å². The average Bonchev–Trinajstić information content (AvgIpc) is 3.30. The molecule has 0 heterocycles. The molecule has 1 rings (SSSR count). The number of hydrogen-bond acceptors (Lipinski definition) is 13. The topological polar surface area (TPSA) is 230 Å². The minimum atomic E-state index is -5.16. The van der Waals surface area contributed by atoms with E-state index in [1.54, 1.807) is 6.08 Å². The second-order valence-corrected chi connectivity index (χ2v) is 17.1. The van der Waals surface area contributed by atoms with Gasteiger partial charge in [-0.05, 0) is 89.9 Å². The van der Waals surface area contributed by atoms with Crippen molar-refractivity contribution in [3.63, 3.8) is 0 Å². The van der Waals surface area contributed by atoms with Crippen molar-refractivity contribution in [3.8, 4) is 0 Å². The monoisotopic (exact) mass is 947 g/mol. The molecule has 66 heavy (non-hydrogen) atoms. The Morgan fingerprint density at radius 1 is 0.545 bits per heavy atom. The maximum atomic E-state index is 12.8. The summed E-state index contributed by atoms with van der Waals surface area (Å²) >= 11 is 0. The lowest BCUT2D eigenvalue weighted by Gasteiger charge is -2.41. The van der Waals surface area contributed by atoms with Crippen molar-refractivity contribution < 1.29 is 68.2 Å². The number of carbonyl (C=O) groups excluding carboxylic acids is 2. The van der Waals surface area contributed by atoms with Crippen LogP contribution in [-0.4, -0.2) is 110 Å². The van der Waals surface area contributed by atoms with Crippen molar-refractivity contribution in [3.05, 3.63) is 122 Å². The molecule has 1 fully saturated rings. The van der Waals surface area contributed by atoms with Crippen LogP contribution in [-0.2, 0) is 32.7 Å². The molecular formula is C51H79O14P. The number of phosphoric ester groups is 1. The van der Waals surface area contributed by atoms with Gasteiger partial charge in [-0.2, -0.15) is 0 Å². The summed E-state index contributed by atoms with van der Waals surface area (Å²) in [5.74, 6) is -1.24. The summed E-state index contributed by atoms with van der Waals surface area (Å²) in [6.07, 6.45) is 39.1. The molecule has 0 amide bonds. The fraction of sp³-hybridized carbons (Fsp3) is 0.569. The van der Waals surface area contributed by atoms with Gasteiger partial charge in [-0.15, -0.1) is 0 Å². The van der Waals surface area contributed by atoms with Crippen LogP contribution in [0.5, 0.6) is 0 Å². The molecule has 1 aliphatic carbocycles. The van der Waals surface area contributed by atoms with Gasteiger partial charge in [0.1, 0.15) is 43.2 Å². The number of rotatable bonds is 36. The van der Waals surface area contributed by atoms with Crippen molar-refractivity contribution in [2.24, 2.45) is 0 Å². The zero-order valence-corrected chi connectivity index (χ0v) is 39.9. The predicted octanol–water partition coefficient (Wildman–Crippen LogP) is 8.36. The summed E-state index contributed by atoms with van der Waals surface area (Å²) in [4.78, 5) is 35.7. The largest absolute Gasteiger partial charge is 0.472 e. The van der Waals surface area contributed by atoms with Gasteiger partial charge in [0, 0.05) is 12.8 Å². The Balaban J connectivity index is 2.54. The standard InChI is InChI=1S/C51H79O14P/c1-3-5-6-7-8-9-10-11-12-13-14-15-16-20-23-26-29-32-35-38-44(53)62-40-43(41-63-66(60,61)65-51-49(58)47(56)46(55)48(57)50(51)59)64-45(54)39-36-33-30-27-24-21-18-17-19-22-25-28-31-34-37-42(52)4-2/h5-6,8-9,11-12,14-15,18-23,27-28,30-31,34,37,42-43,46-52,55-59H,3-4,7,10,13,16-17,24-26,29,32-33,35-36,38-41H2,1-2H3,(H,60,61)/b6-5-,9-8-,12-11-,15-14-,21-18-,22-19-,23-20-,30-27-,31-28-,37-34+/t42-,43-,46?,47-,48+,49-,50-,51?/m1/s1. The number of phosphoric acid groups is 1. The van der Waals surface area contributed by atoms with E-state index in [-0.39, 0.29) is 12.8 Å². The Kier molecular flexibility index (Phi) is 35.8. The number of unbranched alkanes of at least 4 members (excludes halogenated alkanes) is 4. The van der Waals surface area contributed by atoms with Crippen LogP contribution in [0.1, 0.15) is 123 Å². The maximum absolute atomic E-state index is 12.8. The van der Waals surface area contributed by atoms with Crippen molar-refractivity contribution in [1.82, 2.24) is 0 Å². The predicted molar refractivity (Wildman–Crippen MR) is 259 cm³/mol. The van der Waals surface area contributed by atoms with Crippen LogP contribution in [0.2, 0.25) is 0 Å². The SMILES string of the molecule is CC/C=C\C/C=C\C/C=C\C/C=C\C/C=C\CCCCCC(=O)OC[C@H](COP(=O)(O)OC1[C@H](O)[C@H](O)C(O)[C@H](O)[C@H]1O)OC(=O)CCC/C=C\C/C=C\C/C=C\C/C=C\C=C\[C@H](O)CC. The first-order chi connectivity index (χ1) is 31.8. The van der Waals surface area contributed by atoms with Crippen molar-refractivity contribution in [2.45, 2.75) is 172 Å². The highest BCUT2D eigenvalue weighted by Crippen LogP contribution is 2.47. The highest BCUT2D eigenvalue weighted by Gasteiger charge is 2.51. The fourth-order valence-corrected chi connectivity index (χ4v) is 7.04. The maximum Gasteiger partial charge on any atom is 0.472 e. The normalized spacial score (nSPS) is 22.9. The van der Waals surface area contributed by atoms with E-state index in [1.165, 1.54) is 0 Å². The molecule has 0 aromatic carbocycles. The number of esters is 2. The van der Waals surface area contributed by atoms with Gasteiger partial charge < -0.3 is 45.0 Å². The van der Waals surface area contributed by atoms with Crippen LogP contribution < -0.4 is 0 Å². The van der Waals surface area contributed by atoms with Gasteiger partial charge in [-0.25, -0.2) is 4.57 Å². The Bertz CT molecular complexity index is 1630. The van der Waals surface area contributed by atoms with E-state index in [2.05, 4.69) is 85.9 Å². The molecule has 1 aliphatic rings. The first kappa shape index (κ1) is 60.2. The minimum absolute atomic E-state index is 0.0113. The van der Waals surface area contributed by atoms with E-state index in [0.29, 0.717) is 32.1 Å². The lowest BCUT2D eigenvalue weighted by Crippen LogP contribution is -2.64. The Morgan fingerprint density at radius 2 is 1.00 bits per heavy atom. The summed E-state index contributed by atoms with van der Waals surface area (Å²) in [6, 6.07) is 0. The Morgan fingerprint density at radius 3 is 1.52 bits per heavy atom. The minimum Gasteiger partial charge on any atom is -0.462 e. The third kappa shape index (κ3) is 31.2. The van der Waals surface area contributed by atoms with Gasteiger partial charge in [0.05, 0.1) is 12.7 Å². The molecule has 0 bridgehead atoms. The lowest BCUT2D eigenvalue weighted by atomic mass is 9.85. The van der Waals surface area contributed by atoms with E-state index >= 15 is 0 Å². The highest BCUT2D eigenvalue weighted by atomic mass is 31.2. The van der Waals surface area contributed by atoms with Crippen molar-refractivity contribution in [1.29, 1.82) is 0 Å². The third-order valence-electron chi connectivity index (χ3n) is 9.96. The van der Waals surface area contributed by atoms with Gasteiger partial charge in [0.15, 0.2) is 6.10 Å². The third-order valence-corrected chi connectivity index (χ3v) is 10.9. The molecule has 3 unspecified atom stereocenters. The summed E-state index contributed by atoms with van der Waals surface area (Å²) in [5, 5.41) is 59.7. The van der Waals surface area contributed by atoms with Crippen LogP contribution in [0.15, 0.2) is 122 Å². The van der Waals surface area contributed by atoms with Crippen LogP contribution in [0.3, 0.4) is 0 Å². The second kappa shape index (κ2) is 39.2.